The first-order valence-corrected chi connectivity index (χ1v) is 11.2. The molecule has 0 radical (unpaired) electrons. The summed E-state index contributed by atoms with van der Waals surface area (Å²) in [6, 6.07) is 14.1. The number of nitrogens with zero attached hydrogens (tertiary/aromatic N) is 5. The predicted octanol–water partition coefficient (Wildman–Crippen LogP) is 3.94. The molecule has 0 atom stereocenters. The fourth-order valence-electron chi connectivity index (χ4n) is 3.78. The molecule has 5 aromatic rings. The molecule has 5 rings (SSSR count). The van der Waals surface area contributed by atoms with Crippen LogP contribution in [0.2, 0.25) is 0 Å². The molecule has 35 heavy (non-hydrogen) atoms. The highest BCUT2D eigenvalue weighted by molar-refractivity contribution is 5.84. The van der Waals surface area contributed by atoms with E-state index >= 15 is 0 Å². The number of benzene rings is 2. The van der Waals surface area contributed by atoms with E-state index in [1.807, 2.05) is 66.3 Å². The number of H-pyrrole nitrogens is 1. The third kappa shape index (κ3) is 5.07. The van der Waals surface area contributed by atoms with Crippen LogP contribution in [0.15, 0.2) is 67.3 Å². The zero-order chi connectivity index (χ0) is 24.2. The molecule has 0 saturated heterocycles. The first-order chi connectivity index (χ1) is 17.1. The van der Waals surface area contributed by atoms with Crippen molar-refractivity contribution in [2.45, 2.75) is 6.42 Å². The normalized spacial score (nSPS) is 11.2. The van der Waals surface area contributed by atoms with Crippen LogP contribution in [0.5, 0.6) is 0 Å². The van der Waals surface area contributed by atoms with Gasteiger partial charge in [-0.3, -0.25) is 9.89 Å². The number of aromatic nitrogens is 5. The van der Waals surface area contributed by atoms with Gasteiger partial charge in [0.15, 0.2) is 11.5 Å². The second-order valence-electron chi connectivity index (χ2n) is 8.15. The summed E-state index contributed by atoms with van der Waals surface area (Å²) >= 11 is 0. The monoisotopic (exact) mass is 471 g/mol. The van der Waals surface area contributed by atoms with Crippen molar-refractivity contribution >= 4 is 39.7 Å². The number of rotatable bonds is 10. The van der Waals surface area contributed by atoms with Crippen molar-refractivity contribution in [3.8, 4) is 11.3 Å². The molecule has 178 valence electrons. The Kier molecular flexibility index (Phi) is 6.27. The lowest BCUT2D eigenvalue weighted by Crippen LogP contribution is -2.23. The van der Waals surface area contributed by atoms with Crippen LogP contribution in [0.1, 0.15) is 6.42 Å². The fraction of sp³-hybridized carbons (Fsp3) is 0.200. The first kappa shape index (κ1) is 22.4. The number of aromatic amines is 1. The van der Waals surface area contributed by atoms with Gasteiger partial charge in [-0.15, -0.1) is 0 Å². The Bertz CT molecular complexity index is 1460. The fourth-order valence-corrected chi connectivity index (χ4v) is 3.78. The molecule has 0 aliphatic carbocycles. The molecule has 0 bridgehead atoms. The number of hydrogen-bond donors (Lipinski definition) is 3. The Morgan fingerprint density at radius 3 is 2.89 bits per heavy atom. The summed E-state index contributed by atoms with van der Waals surface area (Å²) in [6.07, 6.45) is 7.42. The van der Waals surface area contributed by atoms with Crippen LogP contribution in [0.4, 0.5) is 17.2 Å². The van der Waals surface area contributed by atoms with Gasteiger partial charge in [-0.05, 0) is 30.3 Å². The number of carbonyl (C=O) groups is 1. The van der Waals surface area contributed by atoms with Crippen LogP contribution in [-0.4, -0.2) is 62.4 Å². The summed E-state index contributed by atoms with van der Waals surface area (Å²) in [6.45, 7) is 1.34. The summed E-state index contributed by atoms with van der Waals surface area (Å²) in [4.78, 5) is 21.9. The zero-order valence-electron chi connectivity index (χ0n) is 19.2. The Labute approximate surface area is 201 Å². The van der Waals surface area contributed by atoms with Gasteiger partial charge in [0, 0.05) is 54.5 Å². The molecule has 2 aromatic carbocycles. The smallest absolute Gasteiger partial charge is 0.305 e. The lowest BCUT2D eigenvalue weighted by atomic mass is 10.1. The number of carboxylic acid groups (broad SMARTS) is 1. The average Bonchev–Trinajstić information content (AvgIpc) is 3.53. The van der Waals surface area contributed by atoms with Crippen molar-refractivity contribution in [1.29, 1.82) is 0 Å². The maximum Gasteiger partial charge on any atom is 0.305 e. The molecular formula is C25H25N7O3. The molecule has 10 heteroatoms. The summed E-state index contributed by atoms with van der Waals surface area (Å²) in [5.41, 5.74) is 5.39. The molecule has 3 aromatic heterocycles. The average molecular weight is 472 g/mol. The maximum atomic E-state index is 10.6. The standard InChI is InChI=1S/C25H25N7O3/c1-31(11-13-35-12-8-23(33)34)20-6-4-19(5-7-20)28-24-25-26-9-10-32(25)16-22(29-24)17-2-3-18-15-27-30-21(18)14-17/h2-7,9-10,14-16H,8,11-13H2,1H3,(H,27,30)(H,28,29)(H,33,34). The highest BCUT2D eigenvalue weighted by Crippen LogP contribution is 2.27. The molecular weight excluding hydrogens is 446 g/mol. The van der Waals surface area contributed by atoms with Crippen molar-refractivity contribution in [3.63, 3.8) is 0 Å². The molecule has 0 spiro atoms. The van der Waals surface area contributed by atoms with Crippen molar-refractivity contribution in [1.82, 2.24) is 24.6 Å². The van der Waals surface area contributed by atoms with Gasteiger partial charge in [-0.2, -0.15) is 5.10 Å². The second-order valence-corrected chi connectivity index (χ2v) is 8.15. The first-order valence-electron chi connectivity index (χ1n) is 11.2. The summed E-state index contributed by atoms with van der Waals surface area (Å²) in [5, 5.41) is 20.2. The zero-order valence-corrected chi connectivity index (χ0v) is 19.2. The van der Waals surface area contributed by atoms with Crippen LogP contribution < -0.4 is 10.2 Å². The highest BCUT2D eigenvalue weighted by atomic mass is 16.5. The largest absolute Gasteiger partial charge is 0.481 e. The van der Waals surface area contributed by atoms with Crippen LogP contribution in [0, 0.1) is 0 Å². The molecule has 0 aliphatic heterocycles. The minimum atomic E-state index is -0.854. The Balaban J connectivity index is 1.31. The molecule has 3 heterocycles. The Morgan fingerprint density at radius 2 is 2.06 bits per heavy atom. The van der Waals surface area contributed by atoms with Gasteiger partial charge in [-0.25, -0.2) is 9.97 Å². The lowest BCUT2D eigenvalue weighted by molar-refractivity contribution is -0.138. The summed E-state index contributed by atoms with van der Waals surface area (Å²) in [7, 11) is 1.97. The van der Waals surface area contributed by atoms with E-state index in [9.17, 15) is 4.79 Å². The highest BCUT2D eigenvalue weighted by Gasteiger charge is 2.11. The topological polar surface area (TPSA) is 121 Å². The molecule has 0 aliphatic rings. The van der Waals surface area contributed by atoms with Crippen LogP contribution in [0.3, 0.4) is 0 Å². The number of likely N-dealkylation sites (N-methyl/N-ethyl adjacent to an activating group) is 1. The number of ether oxygens (including phenoxy) is 1. The van der Waals surface area contributed by atoms with E-state index in [0.717, 1.165) is 39.2 Å². The van der Waals surface area contributed by atoms with Gasteiger partial charge < -0.3 is 24.5 Å². The molecule has 3 N–H and O–H groups in total. The van der Waals surface area contributed by atoms with Crippen molar-refractivity contribution in [2.75, 3.05) is 37.0 Å². The van der Waals surface area contributed by atoms with Crippen LogP contribution >= 0.6 is 0 Å². The number of carboxylic acids is 1. The van der Waals surface area contributed by atoms with E-state index in [2.05, 4.69) is 25.4 Å². The Hall–Kier alpha value is -4.44. The second kappa shape index (κ2) is 9.82. The number of nitrogens with one attached hydrogen (secondary N) is 2. The summed E-state index contributed by atoms with van der Waals surface area (Å²) in [5.74, 6) is -0.196. The molecule has 0 fully saturated rings. The lowest BCUT2D eigenvalue weighted by Gasteiger charge is -2.19. The van der Waals surface area contributed by atoms with E-state index in [4.69, 9.17) is 14.8 Å². The number of anilines is 3. The third-order valence-corrected chi connectivity index (χ3v) is 5.71. The van der Waals surface area contributed by atoms with Gasteiger partial charge in [0.25, 0.3) is 0 Å². The van der Waals surface area contributed by atoms with Crippen LogP contribution in [-0.2, 0) is 9.53 Å². The van der Waals surface area contributed by atoms with Gasteiger partial charge in [0.05, 0.1) is 37.0 Å². The van der Waals surface area contributed by atoms with Crippen molar-refractivity contribution in [3.05, 3.63) is 67.3 Å². The van der Waals surface area contributed by atoms with Crippen molar-refractivity contribution < 1.29 is 14.6 Å². The van der Waals surface area contributed by atoms with Gasteiger partial charge in [0.2, 0.25) is 0 Å². The number of imidazole rings is 1. The van der Waals surface area contributed by atoms with Gasteiger partial charge >= 0.3 is 5.97 Å². The van der Waals surface area contributed by atoms with Crippen molar-refractivity contribution in [2.24, 2.45) is 0 Å². The van der Waals surface area contributed by atoms with E-state index in [0.29, 0.717) is 19.0 Å². The molecule has 0 saturated carbocycles. The number of hydrogen-bond acceptors (Lipinski definition) is 7. The molecule has 0 amide bonds. The molecule has 0 unspecified atom stereocenters. The van der Waals surface area contributed by atoms with Crippen LogP contribution in [0.25, 0.3) is 27.8 Å². The minimum Gasteiger partial charge on any atom is -0.481 e. The predicted molar refractivity (Wildman–Crippen MR) is 134 cm³/mol. The number of aliphatic carboxylic acids is 1. The Morgan fingerprint density at radius 1 is 1.20 bits per heavy atom. The molecule has 10 nitrogen and oxygen atoms in total. The third-order valence-electron chi connectivity index (χ3n) is 5.71. The minimum absolute atomic E-state index is 0.0148. The van der Waals surface area contributed by atoms with Gasteiger partial charge in [0.1, 0.15) is 0 Å². The SMILES string of the molecule is CN(CCOCCC(=O)O)c1ccc(Nc2nc(-c3ccc4cn[nH]c4c3)cn3ccnc23)cc1. The van der Waals surface area contributed by atoms with E-state index in [-0.39, 0.29) is 13.0 Å². The number of fused-ring (bicyclic) bond motifs is 2. The maximum absolute atomic E-state index is 10.6. The van der Waals surface area contributed by atoms with E-state index in [1.54, 1.807) is 12.4 Å². The van der Waals surface area contributed by atoms with E-state index in [1.165, 1.54) is 0 Å². The van der Waals surface area contributed by atoms with Gasteiger partial charge in [-0.1, -0.05) is 12.1 Å². The summed E-state index contributed by atoms with van der Waals surface area (Å²) < 4.78 is 7.33. The van der Waals surface area contributed by atoms with E-state index < -0.39 is 5.97 Å². The quantitative estimate of drug-likeness (QED) is 0.262.